The van der Waals surface area contributed by atoms with Crippen molar-refractivity contribution in [3.05, 3.63) is 0 Å². The summed E-state index contributed by atoms with van der Waals surface area (Å²) < 4.78 is 5.64. The van der Waals surface area contributed by atoms with Crippen molar-refractivity contribution in [2.45, 2.75) is 52.1 Å². The van der Waals surface area contributed by atoms with Crippen molar-refractivity contribution in [1.29, 1.82) is 0 Å². The van der Waals surface area contributed by atoms with Gasteiger partial charge in [0.05, 0.1) is 0 Å². The number of rotatable bonds is 6. The molecule has 0 aliphatic heterocycles. The number of hydrogen-bond donors (Lipinski definition) is 0. The van der Waals surface area contributed by atoms with E-state index in [4.69, 9.17) is 4.74 Å². The zero-order valence-electron chi connectivity index (χ0n) is 10.6. The van der Waals surface area contributed by atoms with E-state index in [1.165, 1.54) is 0 Å². The summed E-state index contributed by atoms with van der Waals surface area (Å²) in [5.74, 6) is -0.495. The standard InChI is InChI=1S/C13H22O4/c1-9(2)8-17-13-10(6-7-12(15)16)4-3-5-11(13)14/h9-10,13H,3-8H2,1-2H3,(H,15,16)/p-1/t10-,13-/m1/s1. The molecule has 4 nitrogen and oxygen atoms in total. The number of aliphatic carboxylic acids is 1. The lowest BCUT2D eigenvalue weighted by Gasteiger charge is -2.31. The van der Waals surface area contributed by atoms with Crippen LogP contribution in [0.25, 0.3) is 0 Å². The predicted molar refractivity (Wildman–Crippen MR) is 61.2 cm³/mol. The molecule has 1 saturated carbocycles. The lowest BCUT2D eigenvalue weighted by Crippen LogP contribution is -2.38. The Labute approximate surface area is 102 Å². The molecule has 98 valence electrons. The molecule has 1 aliphatic rings. The van der Waals surface area contributed by atoms with E-state index in [9.17, 15) is 14.7 Å². The molecule has 0 aromatic carbocycles. The molecule has 0 N–H and O–H groups in total. The summed E-state index contributed by atoms with van der Waals surface area (Å²) in [4.78, 5) is 22.2. The quantitative estimate of drug-likeness (QED) is 0.693. The van der Waals surface area contributed by atoms with Gasteiger partial charge in [-0.05, 0) is 37.5 Å². The van der Waals surface area contributed by atoms with Crippen LogP contribution in [-0.4, -0.2) is 24.5 Å². The number of carboxylic acid groups (broad SMARTS) is 1. The number of Topliss-reactive ketones (excluding diaryl/α,β-unsaturated/α-hetero) is 1. The van der Waals surface area contributed by atoms with Crippen molar-refractivity contribution in [3.8, 4) is 0 Å². The maximum atomic E-state index is 11.8. The van der Waals surface area contributed by atoms with Gasteiger partial charge in [-0.1, -0.05) is 13.8 Å². The molecule has 17 heavy (non-hydrogen) atoms. The van der Waals surface area contributed by atoms with Crippen molar-refractivity contribution < 1.29 is 19.4 Å². The van der Waals surface area contributed by atoms with Gasteiger partial charge in [0, 0.05) is 19.0 Å². The van der Waals surface area contributed by atoms with Crippen molar-refractivity contribution in [2.75, 3.05) is 6.61 Å². The van der Waals surface area contributed by atoms with E-state index in [1.807, 2.05) is 13.8 Å². The molecule has 0 unspecified atom stereocenters. The average molecular weight is 241 g/mol. The molecule has 0 bridgehead atoms. The highest BCUT2D eigenvalue weighted by molar-refractivity contribution is 5.84. The number of ether oxygens (including phenoxy) is 1. The van der Waals surface area contributed by atoms with E-state index in [0.29, 0.717) is 25.4 Å². The van der Waals surface area contributed by atoms with Crippen molar-refractivity contribution in [2.24, 2.45) is 11.8 Å². The van der Waals surface area contributed by atoms with Crippen LogP contribution in [-0.2, 0) is 14.3 Å². The van der Waals surface area contributed by atoms with Crippen molar-refractivity contribution in [1.82, 2.24) is 0 Å². The van der Waals surface area contributed by atoms with Gasteiger partial charge < -0.3 is 14.6 Å². The first-order valence-electron chi connectivity index (χ1n) is 6.35. The summed E-state index contributed by atoms with van der Waals surface area (Å²) in [5, 5.41) is 10.5. The third-order valence-electron chi connectivity index (χ3n) is 3.07. The summed E-state index contributed by atoms with van der Waals surface area (Å²) in [5.41, 5.74) is 0. The SMILES string of the molecule is CC(C)CO[C@H]1C(=O)CCC[C@@H]1CCC(=O)[O-]. The largest absolute Gasteiger partial charge is 0.550 e. The first kappa shape index (κ1) is 14.2. The van der Waals surface area contributed by atoms with Gasteiger partial charge in [0.2, 0.25) is 0 Å². The Bertz CT molecular complexity index is 273. The molecule has 1 aliphatic carbocycles. The maximum Gasteiger partial charge on any atom is 0.161 e. The zero-order chi connectivity index (χ0) is 12.8. The molecular formula is C13H21O4-. The summed E-state index contributed by atoms with van der Waals surface area (Å²) >= 11 is 0. The fraction of sp³-hybridized carbons (Fsp3) is 0.846. The lowest BCUT2D eigenvalue weighted by atomic mass is 9.82. The minimum absolute atomic E-state index is 0.0134. The highest BCUT2D eigenvalue weighted by Crippen LogP contribution is 2.28. The summed E-state index contributed by atoms with van der Waals surface area (Å²) in [6, 6.07) is 0. The summed E-state index contributed by atoms with van der Waals surface area (Å²) in [6.45, 7) is 4.62. The van der Waals surface area contributed by atoms with Crippen LogP contribution in [0.2, 0.25) is 0 Å². The maximum absolute atomic E-state index is 11.8. The smallest absolute Gasteiger partial charge is 0.161 e. The number of hydrogen-bond acceptors (Lipinski definition) is 4. The molecule has 1 fully saturated rings. The average Bonchev–Trinajstić information content (AvgIpc) is 2.24. The van der Waals surface area contributed by atoms with E-state index < -0.39 is 12.1 Å². The van der Waals surface area contributed by atoms with Gasteiger partial charge in [0.25, 0.3) is 0 Å². The predicted octanol–water partition coefficient (Wildman–Crippen LogP) is 0.927. The van der Waals surface area contributed by atoms with E-state index in [2.05, 4.69) is 0 Å². The Morgan fingerprint density at radius 3 is 2.82 bits per heavy atom. The van der Waals surface area contributed by atoms with Crippen molar-refractivity contribution >= 4 is 11.8 Å². The summed E-state index contributed by atoms with van der Waals surface area (Å²) in [6.07, 6.45) is 2.38. The van der Waals surface area contributed by atoms with Gasteiger partial charge in [-0.15, -0.1) is 0 Å². The summed E-state index contributed by atoms with van der Waals surface area (Å²) in [7, 11) is 0. The first-order valence-corrected chi connectivity index (χ1v) is 6.35. The normalized spacial score (nSPS) is 25.2. The van der Waals surface area contributed by atoms with Crippen LogP contribution in [0, 0.1) is 11.8 Å². The van der Waals surface area contributed by atoms with Crippen LogP contribution in [0.15, 0.2) is 0 Å². The van der Waals surface area contributed by atoms with Gasteiger partial charge in [-0.2, -0.15) is 0 Å². The molecule has 0 aromatic rings. The fourth-order valence-corrected chi connectivity index (χ4v) is 2.22. The van der Waals surface area contributed by atoms with Gasteiger partial charge in [-0.25, -0.2) is 0 Å². The van der Waals surface area contributed by atoms with Crippen molar-refractivity contribution in [3.63, 3.8) is 0 Å². The second-order valence-corrected chi connectivity index (χ2v) is 5.18. The Morgan fingerprint density at radius 2 is 2.24 bits per heavy atom. The van der Waals surface area contributed by atoms with E-state index in [-0.39, 0.29) is 18.1 Å². The molecule has 1 rings (SSSR count). The molecule has 0 spiro atoms. The number of carboxylic acids is 1. The van der Waals surface area contributed by atoms with Crippen LogP contribution in [0.3, 0.4) is 0 Å². The number of ketones is 1. The molecule has 0 aromatic heterocycles. The minimum atomic E-state index is -1.05. The van der Waals surface area contributed by atoms with Crippen LogP contribution in [0.1, 0.15) is 46.0 Å². The topological polar surface area (TPSA) is 66.4 Å². The van der Waals surface area contributed by atoms with Crippen LogP contribution in [0.5, 0.6) is 0 Å². The van der Waals surface area contributed by atoms with Crippen LogP contribution >= 0.6 is 0 Å². The fourth-order valence-electron chi connectivity index (χ4n) is 2.22. The lowest BCUT2D eigenvalue weighted by molar-refractivity contribution is -0.306. The third-order valence-corrected chi connectivity index (χ3v) is 3.07. The monoisotopic (exact) mass is 241 g/mol. The first-order chi connectivity index (χ1) is 8.00. The molecule has 4 heteroatoms. The minimum Gasteiger partial charge on any atom is -0.550 e. The number of carbonyl (C=O) groups is 2. The van der Waals surface area contributed by atoms with E-state index in [0.717, 1.165) is 12.8 Å². The van der Waals surface area contributed by atoms with Gasteiger partial charge in [0.15, 0.2) is 5.78 Å². The highest BCUT2D eigenvalue weighted by atomic mass is 16.5. The van der Waals surface area contributed by atoms with Gasteiger partial charge in [0.1, 0.15) is 6.10 Å². The third kappa shape index (κ3) is 4.86. The van der Waals surface area contributed by atoms with E-state index in [1.54, 1.807) is 0 Å². The van der Waals surface area contributed by atoms with Gasteiger partial charge >= 0.3 is 0 Å². The molecule has 2 atom stereocenters. The van der Waals surface area contributed by atoms with Crippen LogP contribution in [0.4, 0.5) is 0 Å². The molecule has 0 amide bonds. The Morgan fingerprint density at radius 1 is 1.53 bits per heavy atom. The second-order valence-electron chi connectivity index (χ2n) is 5.18. The molecule has 0 saturated heterocycles. The molecule has 0 radical (unpaired) electrons. The molecular weight excluding hydrogens is 220 g/mol. The Balaban J connectivity index is 2.50. The van der Waals surface area contributed by atoms with Crippen LogP contribution < -0.4 is 5.11 Å². The zero-order valence-corrected chi connectivity index (χ0v) is 10.6. The number of carbonyl (C=O) groups excluding carboxylic acids is 2. The van der Waals surface area contributed by atoms with E-state index >= 15 is 0 Å². The molecule has 0 heterocycles. The second kappa shape index (κ2) is 6.74. The Hall–Kier alpha value is -0.900. The Kier molecular flexibility index (Phi) is 5.62. The van der Waals surface area contributed by atoms with Gasteiger partial charge in [-0.3, -0.25) is 4.79 Å². The highest BCUT2D eigenvalue weighted by Gasteiger charge is 2.32.